The molecule has 0 aliphatic heterocycles. The molecule has 1 radical (unpaired) electrons. The maximum atomic E-state index is 10.7. The van der Waals surface area contributed by atoms with Gasteiger partial charge in [-0.25, -0.2) is 0 Å². The number of nitrogens with zero attached hydrogens (tertiary/aromatic N) is 2. The minimum Gasteiger partial charge on any atom is -0.550 e. The molecule has 0 aromatic heterocycles. The Labute approximate surface area is 288 Å². The summed E-state index contributed by atoms with van der Waals surface area (Å²) >= 11 is 0. The molecule has 4 aromatic carbocycles. The number of carboxylic acids is 2. The molecule has 0 saturated heterocycles. The minimum atomic E-state index is -1.08. The molecule has 8 nitrogen and oxygen atoms in total. The van der Waals surface area contributed by atoms with Gasteiger partial charge in [-0.05, 0) is 105 Å². The summed E-state index contributed by atoms with van der Waals surface area (Å²) in [4.78, 5) is 27.4. The van der Waals surface area contributed by atoms with E-state index in [-0.39, 0.29) is 28.3 Å². The third kappa shape index (κ3) is 13.4. The fraction of sp³-hybridized carbons (Fsp3) is 0.316. The first kappa shape index (κ1) is 40.6. The number of phenols is 2. The molecule has 0 amide bonds. The number of rotatable bonds is 10. The zero-order valence-electron chi connectivity index (χ0n) is 27.9. The van der Waals surface area contributed by atoms with Crippen molar-refractivity contribution in [3.8, 4) is 11.5 Å². The van der Waals surface area contributed by atoms with E-state index in [2.05, 4.69) is 26.0 Å². The van der Waals surface area contributed by atoms with Crippen molar-refractivity contribution >= 4 is 46.5 Å². The molecule has 2 N–H and O–H groups in total. The van der Waals surface area contributed by atoms with Crippen LogP contribution < -0.4 is 10.2 Å². The normalized spacial score (nSPS) is 10.6. The van der Waals surface area contributed by atoms with E-state index in [1.165, 1.54) is 11.1 Å². The molecule has 251 valence electrons. The van der Waals surface area contributed by atoms with Crippen molar-refractivity contribution in [3.05, 3.63) is 94.0 Å². The van der Waals surface area contributed by atoms with Crippen LogP contribution >= 0.6 is 0 Å². The molecule has 9 heteroatoms. The molecule has 0 atom stereocenters. The first-order valence-corrected chi connectivity index (χ1v) is 15.5. The quantitative estimate of drug-likeness (QED) is 0.181. The summed E-state index contributed by atoms with van der Waals surface area (Å²) in [5, 5.41) is 41.1. The molecule has 47 heavy (non-hydrogen) atoms. The summed E-state index contributed by atoms with van der Waals surface area (Å²) in [6.45, 7) is 10.2. The molecular formula is C38H44CoN2O6. The summed E-state index contributed by atoms with van der Waals surface area (Å²) in [6, 6.07) is 20.2. The maximum Gasteiger partial charge on any atom is 2.00 e. The van der Waals surface area contributed by atoms with E-state index in [9.17, 15) is 10.2 Å². The Morgan fingerprint density at radius 2 is 1.06 bits per heavy atom. The second-order valence-electron chi connectivity index (χ2n) is 11.1. The van der Waals surface area contributed by atoms with Crippen LogP contribution in [0.1, 0.15) is 86.8 Å². The van der Waals surface area contributed by atoms with Crippen LogP contribution in [0.15, 0.2) is 70.6 Å². The number of carboxylic acid groups (broad SMARTS) is 2. The maximum absolute atomic E-state index is 10.7. The van der Waals surface area contributed by atoms with Gasteiger partial charge >= 0.3 is 16.8 Å². The third-order valence-corrected chi connectivity index (χ3v) is 6.96. The van der Waals surface area contributed by atoms with Gasteiger partial charge < -0.3 is 30.0 Å². The van der Waals surface area contributed by atoms with Crippen LogP contribution in [-0.4, -0.2) is 34.6 Å². The molecule has 0 fully saturated rings. The average molecular weight is 684 g/mol. The predicted molar refractivity (Wildman–Crippen MR) is 183 cm³/mol. The second kappa shape index (κ2) is 20.6. The number of hydrogen-bond acceptors (Lipinski definition) is 8. The predicted octanol–water partition coefficient (Wildman–Crippen LogP) is 6.56. The number of phenolic OH excluding ortho intramolecular Hbond substituents is 2. The number of hydrogen-bond donors (Lipinski definition) is 2. The largest absolute Gasteiger partial charge is 2.00 e. The van der Waals surface area contributed by atoms with Crippen molar-refractivity contribution in [2.45, 2.75) is 80.1 Å². The number of carbonyl (C=O) groups is 2. The molecule has 0 heterocycles. The van der Waals surface area contributed by atoms with Crippen molar-refractivity contribution in [1.82, 2.24) is 0 Å². The minimum absolute atomic E-state index is 0. The number of carbonyl (C=O) groups excluding carboxylic acids is 2. The second-order valence-corrected chi connectivity index (χ2v) is 11.1. The molecule has 0 bridgehead atoms. The average Bonchev–Trinajstić information content (AvgIpc) is 3.00. The third-order valence-electron chi connectivity index (χ3n) is 6.96. The number of aromatic hydroxyl groups is 2. The first-order valence-electron chi connectivity index (χ1n) is 15.5. The van der Waals surface area contributed by atoms with Gasteiger partial charge in [0.05, 0.1) is 11.4 Å². The van der Waals surface area contributed by atoms with E-state index in [1.807, 2.05) is 62.4 Å². The van der Waals surface area contributed by atoms with Crippen molar-refractivity contribution in [3.63, 3.8) is 0 Å². The van der Waals surface area contributed by atoms with Crippen molar-refractivity contribution in [1.29, 1.82) is 0 Å². The zero-order chi connectivity index (χ0) is 34.2. The van der Waals surface area contributed by atoms with Crippen LogP contribution in [0, 0.1) is 13.8 Å². The van der Waals surface area contributed by atoms with E-state index in [4.69, 9.17) is 29.8 Å². The Kier molecular flexibility index (Phi) is 17.8. The van der Waals surface area contributed by atoms with Crippen molar-refractivity contribution in [2.75, 3.05) is 0 Å². The number of aliphatic imine (C=N–C) groups is 2. The smallest absolute Gasteiger partial charge is 0.550 e. The van der Waals surface area contributed by atoms with Gasteiger partial charge in [-0.15, -0.1) is 0 Å². The van der Waals surface area contributed by atoms with E-state index in [0.717, 1.165) is 96.8 Å². The summed E-state index contributed by atoms with van der Waals surface area (Å²) in [5.74, 6) is -1.64. The molecule has 4 aromatic rings. The molecular weight excluding hydrogens is 639 g/mol. The van der Waals surface area contributed by atoms with Crippen LogP contribution in [0.5, 0.6) is 11.5 Å². The fourth-order valence-electron chi connectivity index (χ4n) is 4.81. The SMILES string of the molecule is CC(=O)[O-].CC(=O)[O-].CCCCc1cc(C)c(O)c(C=Nc2cccc3cccc(N=Cc4cc(CCCC)cc(C)c4O)c23)c1.[Co+2]. The Bertz CT molecular complexity index is 1570. The van der Waals surface area contributed by atoms with Crippen LogP contribution in [0.3, 0.4) is 0 Å². The van der Waals surface area contributed by atoms with Gasteiger partial charge in [-0.1, -0.05) is 63.1 Å². The number of unbranched alkanes of at least 4 members (excludes halogenated alkanes) is 2. The standard InChI is InChI=1S/C34H38N2O2.2C2H4O2.Co/c1-5-7-11-25-17-23(3)33(37)28(19-25)21-35-30-15-9-13-27-14-10-16-31(32(27)30)36-22-29-20-26(12-8-6-2)18-24(4)34(29)38;2*1-2(3)4;/h9-10,13-22,37-38H,5-8,11-12H2,1-4H3;2*1H3,(H,3,4);/q;;;+2/p-2. The van der Waals surface area contributed by atoms with Gasteiger partial charge in [-0.3, -0.25) is 9.98 Å². The number of aliphatic carboxylic acids is 2. The van der Waals surface area contributed by atoms with Crippen LogP contribution in [0.25, 0.3) is 10.8 Å². The van der Waals surface area contributed by atoms with Crippen molar-refractivity contribution in [2.24, 2.45) is 9.98 Å². The number of benzene rings is 4. The summed E-state index contributed by atoms with van der Waals surface area (Å²) in [7, 11) is 0. The topological polar surface area (TPSA) is 145 Å². The van der Waals surface area contributed by atoms with Crippen LogP contribution in [-0.2, 0) is 39.2 Å². The zero-order valence-corrected chi connectivity index (χ0v) is 29.0. The Morgan fingerprint density at radius 3 is 1.40 bits per heavy atom. The van der Waals surface area contributed by atoms with Gasteiger partial charge in [0.15, 0.2) is 0 Å². The summed E-state index contributed by atoms with van der Waals surface area (Å²) < 4.78 is 0. The molecule has 0 saturated carbocycles. The van der Waals surface area contributed by atoms with Crippen molar-refractivity contribution < 1.29 is 46.8 Å². The van der Waals surface area contributed by atoms with Gasteiger partial charge in [0, 0.05) is 40.9 Å². The molecule has 0 unspecified atom stereocenters. The Morgan fingerprint density at radius 1 is 0.702 bits per heavy atom. The van der Waals surface area contributed by atoms with E-state index in [1.54, 1.807) is 12.4 Å². The molecule has 4 rings (SSSR count). The monoisotopic (exact) mass is 683 g/mol. The number of fused-ring (bicyclic) bond motifs is 1. The van der Waals surface area contributed by atoms with Crippen LogP contribution in [0.2, 0.25) is 0 Å². The Hall–Kier alpha value is -4.47. The molecule has 0 spiro atoms. The van der Waals surface area contributed by atoms with Gasteiger partial charge in [-0.2, -0.15) is 0 Å². The van der Waals surface area contributed by atoms with E-state index in [0.29, 0.717) is 0 Å². The van der Waals surface area contributed by atoms with E-state index < -0.39 is 11.9 Å². The Balaban J connectivity index is 0.00000110. The molecule has 0 aliphatic carbocycles. The molecule has 0 aliphatic rings. The van der Waals surface area contributed by atoms with Gasteiger partial charge in [0.25, 0.3) is 0 Å². The summed E-state index contributed by atoms with van der Waals surface area (Å²) in [6.07, 6.45) is 9.95. The van der Waals surface area contributed by atoms with Gasteiger partial charge in [0.2, 0.25) is 0 Å². The van der Waals surface area contributed by atoms with Crippen LogP contribution in [0.4, 0.5) is 11.4 Å². The summed E-state index contributed by atoms with van der Waals surface area (Å²) in [5.41, 5.74) is 7.15. The fourth-order valence-corrected chi connectivity index (χ4v) is 4.81. The van der Waals surface area contributed by atoms with Gasteiger partial charge in [0.1, 0.15) is 11.5 Å². The first-order chi connectivity index (χ1) is 21.9. The van der Waals surface area contributed by atoms with E-state index >= 15 is 0 Å². The number of aryl methyl sites for hydroxylation is 4.